The van der Waals surface area contributed by atoms with E-state index >= 15 is 0 Å². The molecule has 0 heterocycles. The number of amides is 1. The van der Waals surface area contributed by atoms with E-state index in [1.54, 1.807) is 6.08 Å². The molecule has 0 fully saturated rings. The monoisotopic (exact) mass is 415 g/mol. The Morgan fingerprint density at radius 2 is 1.68 bits per heavy atom. The summed E-state index contributed by atoms with van der Waals surface area (Å²) in [6.07, 6.45) is 3.31. The summed E-state index contributed by atoms with van der Waals surface area (Å²) >= 11 is 0. The zero-order chi connectivity index (χ0) is 22.1. The number of nitrogens with one attached hydrogen (secondary N) is 1. The lowest BCUT2D eigenvalue weighted by Crippen LogP contribution is -2.10. The molecule has 0 bridgehead atoms. The molecule has 0 spiro atoms. The van der Waals surface area contributed by atoms with E-state index in [0.717, 1.165) is 22.4 Å². The first kappa shape index (κ1) is 22.2. The first-order chi connectivity index (χ1) is 15.1. The molecule has 1 amide bonds. The third kappa shape index (κ3) is 6.48. The molecule has 0 aromatic heterocycles. The SMILES string of the molecule is CCOc1cc(/C=C/C(=O)Nc2ccccc2C(C)C)ccc1OCc1ccccc1. The molecule has 160 valence electrons. The molecule has 31 heavy (non-hydrogen) atoms. The maximum atomic E-state index is 12.4. The predicted octanol–water partition coefficient (Wildman–Crippen LogP) is 6.44. The van der Waals surface area contributed by atoms with E-state index in [1.165, 1.54) is 6.08 Å². The number of rotatable bonds is 9. The number of hydrogen-bond acceptors (Lipinski definition) is 3. The van der Waals surface area contributed by atoms with E-state index < -0.39 is 0 Å². The van der Waals surface area contributed by atoms with Crippen LogP contribution in [0.1, 0.15) is 43.4 Å². The van der Waals surface area contributed by atoms with Gasteiger partial charge in [0.05, 0.1) is 6.61 Å². The van der Waals surface area contributed by atoms with Gasteiger partial charge >= 0.3 is 0 Å². The van der Waals surface area contributed by atoms with Crippen molar-refractivity contribution in [2.45, 2.75) is 33.3 Å². The minimum Gasteiger partial charge on any atom is -0.490 e. The van der Waals surface area contributed by atoms with Gasteiger partial charge in [-0.3, -0.25) is 4.79 Å². The van der Waals surface area contributed by atoms with Crippen molar-refractivity contribution in [1.29, 1.82) is 0 Å². The molecule has 0 saturated carbocycles. The molecular formula is C27H29NO3. The fraction of sp³-hybridized carbons (Fsp3) is 0.222. The Hall–Kier alpha value is -3.53. The zero-order valence-electron chi connectivity index (χ0n) is 18.3. The van der Waals surface area contributed by atoms with Crippen molar-refractivity contribution in [2.24, 2.45) is 0 Å². The third-order valence-corrected chi connectivity index (χ3v) is 4.77. The van der Waals surface area contributed by atoms with Crippen LogP contribution in [0.2, 0.25) is 0 Å². The maximum absolute atomic E-state index is 12.4. The average molecular weight is 416 g/mol. The Balaban J connectivity index is 1.68. The summed E-state index contributed by atoms with van der Waals surface area (Å²) in [4.78, 5) is 12.4. The fourth-order valence-corrected chi connectivity index (χ4v) is 3.21. The Morgan fingerprint density at radius 3 is 2.42 bits per heavy atom. The lowest BCUT2D eigenvalue weighted by atomic mass is 10.0. The Kier molecular flexibility index (Phi) is 7.88. The van der Waals surface area contributed by atoms with E-state index in [9.17, 15) is 4.79 Å². The molecule has 0 unspecified atom stereocenters. The van der Waals surface area contributed by atoms with Gasteiger partial charge in [-0.1, -0.05) is 68.4 Å². The van der Waals surface area contributed by atoms with Gasteiger partial charge in [0.2, 0.25) is 5.91 Å². The number of carbonyl (C=O) groups excluding carboxylic acids is 1. The van der Waals surface area contributed by atoms with Crippen LogP contribution in [-0.4, -0.2) is 12.5 Å². The normalized spacial score (nSPS) is 11.0. The zero-order valence-corrected chi connectivity index (χ0v) is 18.3. The highest BCUT2D eigenvalue weighted by Crippen LogP contribution is 2.30. The van der Waals surface area contributed by atoms with Crippen LogP contribution < -0.4 is 14.8 Å². The van der Waals surface area contributed by atoms with E-state index in [0.29, 0.717) is 30.6 Å². The number of para-hydroxylation sites is 1. The topological polar surface area (TPSA) is 47.6 Å². The fourth-order valence-electron chi connectivity index (χ4n) is 3.21. The minimum absolute atomic E-state index is 0.171. The molecule has 3 aromatic rings. The highest BCUT2D eigenvalue weighted by molar-refractivity contribution is 6.02. The third-order valence-electron chi connectivity index (χ3n) is 4.77. The minimum atomic E-state index is -0.171. The molecular weight excluding hydrogens is 386 g/mol. The van der Waals surface area contributed by atoms with Crippen LogP contribution in [0.4, 0.5) is 5.69 Å². The smallest absolute Gasteiger partial charge is 0.248 e. The standard InChI is InChI=1S/C27H29NO3/c1-4-30-26-18-21(14-16-25(26)31-19-22-10-6-5-7-11-22)15-17-27(29)28-24-13-9-8-12-23(24)20(2)3/h5-18,20H,4,19H2,1-3H3,(H,28,29)/b17-15+. The molecule has 0 aliphatic heterocycles. The second-order valence-electron chi connectivity index (χ2n) is 7.48. The lowest BCUT2D eigenvalue weighted by Gasteiger charge is -2.13. The molecule has 0 atom stereocenters. The average Bonchev–Trinajstić information content (AvgIpc) is 2.78. The number of hydrogen-bond donors (Lipinski definition) is 1. The van der Waals surface area contributed by atoms with Gasteiger partial charge in [0.25, 0.3) is 0 Å². The molecule has 0 radical (unpaired) electrons. The van der Waals surface area contributed by atoms with E-state index in [-0.39, 0.29) is 5.91 Å². The number of benzene rings is 3. The van der Waals surface area contributed by atoms with Gasteiger partial charge in [-0.25, -0.2) is 0 Å². The van der Waals surface area contributed by atoms with Crippen molar-refractivity contribution in [3.05, 3.63) is 95.6 Å². The Bertz CT molecular complexity index is 1030. The van der Waals surface area contributed by atoms with Crippen LogP contribution in [0.5, 0.6) is 11.5 Å². The number of carbonyl (C=O) groups is 1. The first-order valence-corrected chi connectivity index (χ1v) is 10.6. The Morgan fingerprint density at radius 1 is 0.935 bits per heavy atom. The second kappa shape index (κ2) is 11.0. The summed E-state index contributed by atoms with van der Waals surface area (Å²) < 4.78 is 11.7. The van der Waals surface area contributed by atoms with Crippen LogP contribution in [0, 0.1) is 0 Å². The predicted molar refractivity (Wildman–Crippen MR) is 127 cm³/mol. The maximum Gasteiger partial charge on any atom is 0.248 e. The van der Waals surface area contributed by atoms with Crippen molar-refractivity contribution >= 4 is 17.7 Å². The molecule has 3 rings (SSSR count). The van der Waals surface area contributed by atoms with Crippen molar-refractivity contribution in [3.8, 4) is 11.5 Å². The summed E-state index contributed by atoms with van der Waals surface area (Å²) in [6, 6.07) is 23.5. The van der Waals surface area contributed by atoms with Gasteiger partial charge in [-0.2, -0.15) is 0 Å². The molecule has 1 N–H and O–H groups in total. The summed E-state index contributed by atoms with van der Waals surface area (Å²) in [6.45, 7) is 7.15. The first-order valence-electron chi connectivity index (χ1n) is 10.6. The van der Waals surface area contributed by atoms with Gasteiger partial charge in [-0.05, 0) is 53.8 Å². The van der Waals surface area contributed by atoms with Gasteiger partial charge in [-0.15, -0.1) is 0 Å². The summed E-state index contributed by atoms with van der Waals surface area (Å²) in [5.74, 6) is 1.50. The van der Waals surface area contributed by atoms with Gasteiger partial charge < -0.3 is 14.8 Å². The summed E-state index contributed by atoms with van der Waals surface area (Å²) in [5, 5.41) is 2.97. The molecule has 0 saturated heterocycles. The van der Waals surface area contributed by atoms with Crippen LogP contribution >= 0.6 is 0 Å². The van der Waals surface area contributed by atoms with Crippen molar-refractivity contribution in [2.75, 3.05) is 11.9 Å². The van der Waals surface area contributed by atoms with Crippen LogP contribution in [-0.2, 0) is 11.4 Å². The lowest BCUT2D eigenvalue weighted by molar-refractivity contribution is -0.111. The van der Waals surface area contributed by atoms with E-state index in [1.807, 2.05) is 79.7 Å². The molecule has 0 aliphatic rings. The van der Waals surface area contributed by atoms with Crippen molar-refractivity contribution < 1.29 is 14.3 Å². The number of anilines is 1. The summed E-state index contributed by atoms with van der Waals surface area (Å²) in [7, 11) is 0. The second-order valence-corrected chi connectivity index (χ2v) is 7.48. The van der Waals surface area contributed by atoms with Crippen LogP contribution in [0.15, 0.2) is 78.9 Å². The van der Waals surface area contributed by atoms with Crippen molar-refractivity contribution in [1.82, 2.24) is 0 Å². The van der Waals surface area contributed by atoms with Gasteiger partial charge in [0, 0.05) is 11.8 Å². The quantitative estimate of drug-likeness (QED) is 0.409. The van der Waals surface area contributed by atoms with Gasteiger partial charge in [0.1, 0.15) is 6.61 Å². The molecule has 4 nitrogen and oxygen atoms in total. The van der Waals surface area contributed by atoms with E-state index in [4.69, 9.17) is 9.47 Å². The molecule has 4 heteroatoms. The molecule has 0 aliphatic carbocycles. The number of ether oxygens (including phenoxy) is 2. The molecule has 3 aromatic carbocycles. The van der Waals surface area contributed by atoms with Crippen LogP contribution in [0.3, 0.4) is 0 Å². The Labute approximate surface area is 184 Å². The van der Waals surface area contributed by atoms with E-state index in [2.05, 4.69) is 19.2 Å². The highest BCUT2D eigenvalue weighted by atomic mass is 16.5. The van der Waals surface area contributed by atoms with Gasteiger partial charge in [0.15, 0.2) is 11.5 Å². The summed E-state index contributed by atoms with van der Waals surface area (Å²) in [5.41, 5.74) is 3.91. The van der Waals surface area contributed by atoms with Crippen LogP contribution in [0.25, 0.3) is 6.08 Å². The van der Waals surface area contributed by atoms with Crippen molar-refractivity contribution in [3.63, 3.8) is 0 Å². The highest BCUT2D eigenvalue weighted by Gasteiger charge is 2.09. The largest absolute Gasteiger partial charge is 0.490 e.